The highest BCUT2D eigenvalue weighted by atomic mass is 32.1. The van der Waals surface area contributed by atoms with E-state index in [1.54, 1.807) is 12.1 Å². The van der Waals surface area contributed by atoms with Gasteiger partial charge in [-0.05, 0) is 24.3 Å². The highest BCUT2D eigenvalue weighted by Crippen LogP contribution is 2.24. The van der Waals surface area contributed by atoms with E-state index in [1.165, 1.54) is 17.4 Å². The zero-order valence-corrected chi connectivity index (χ0v) is 10.9. The predicted molar refractivity (Wildman–Crippen MR) is 69.4 cm³/mol. The molecule has 2 aromatic rings. The van der Waals surface area contributed by atoms with Crippen LogP contribution >= 0.6 is 11.3 Å². The number of nitriles is 1. The van der Waals surface area contributed by atoms with Crippen molar-refractivity contribution in [3.05, 3.63) is 45.9 Å². The van der Waals surface area contributed by atoms with Crippen LogP contribution in [0, 0.1) is 17.1 Å². The van der Waals surface area contributed by atoms with Gasteiger partial charge in [-0.2, -0.15) is 14.0 Å². The first-order valence-electron chi connectivity index (χ1n) is 5.55. The van der Waals surface area contributed by atoms with E-state index in [-0.39, 0.29) is 0 Å². The van der Waals surface area contributed by atoms with Crippen LogP contribution in [0.25, 0.3) is 0 Å². The van der Waals surface area contributed by atoms with Crippen LogP contribution in [0.5, 0.6) is 5.75 Å². The number of thiophene rings is 1. The first-order valence-corrected chi connectivity index (χ1v) is 6.37. The van der Waals surface area contributed by atoms with Crippen molar-refractivity contribution in [3.63, 3.8) is 0 Å². The third-order valence-electron chi connectivity index (χ3n) is 2.39. The minimum absolute atomic E-state index is 0.417. The molecule has 1 heterocycles. The fraction of sp³-hybridized carbons (Fsp3) is 0.154. The third-order valence-corrected chi connectivity index (χ3v) is 3.38. The smallest absolute Gasteiger partial charge is 0.387 e. The predicted octanol–water partition coefficient (Wildman–Crippen LogP) is 3.97. The summed E-state index contributed by atoms with van der Waals surface area (Å²) in [7, 11) is 0. The van der Waals surface area contributed by atoms with E-state index in [1.807, 2.05) is 6.07 Å². The van der Waals surface area contributed by atoms with Crippen LogP contribution in [0.1, 0.15) is 9.75 Å². The Balaban J connectivity index is 2.00. The average Bonchev–Trinajstić information content (AvgIpc) is 2.87. The lowest BCUT2D eigenvalue weighted by Gasteiger charge is -2.08. The van der Waals surface area contributed by atoms with Gasteiger partial charge in [0.15, 0.2) is 11.6 Å². The van der Waals surface area contributed by atoms with E-state index in [4.69, 9.17) is 5.26 Å². The number of nitrogens with zero attached hydrogens (tertiary/aromatic N) is 1. The van der Waals surface area contributed by atoms with E-state index >= 15 is 0 Å². The molecule has 0 unspecified atom stereocenters. The van der Waals surface area contributed by atoms with E-state index in [2.05, 4.69) is 10.1 Å². The normalized spacial score (nSPS) is 10.3. The maximum atomic E-state index is 13.5. The number of anilines is 1. The number of rotatable bonds is 5. The van der Waals surface area contributed by atoms with E-state index in [9.17, 15) is 13.2 Å². The van der Waals surface area contributed by atoms with Gasteiger partial charge in [0.1, 0.15) is 10.9 Å². The van der Waals surface area contributed by atoms with Gasteiger partial charge in [-0.1, -0.05) is 0 Å². The monoisotopic (exact) mass is 298 g/mol. The summed E-state index contributed by atoms with van der Waals surface area (Å²) < 4.78 is 41.4. The second-order valence-corrected chi connectivity index (χ2v) is 4.92. The molecule has 1 aromatic carbocycles. The van der Waals surface area contributed by atoms with E-state index < -0.39 is 18.2 Å². The third kappa shape index (κ3) is 3.65. The molecular formula is C13H9F3N2OS. The zero-order chi connectivity index (χ0) is 14.5. The first-order chi connectivity index (χ1) is 9.58. The second kappa shape index (κ2) is 6.30. The Labute approximate surface area is 117 Å². The minimum atomic E-state index is -3.06. The molecule has 0 saturated carbocycles. The van der Waals surface area contributed by atoms with Crippen molar-refractivity contribution < 1.29 is 17.9 Å². The molecule has 0 radical (unpaired) electrons. The van der Waals surface area contributed by atoms with Crippen LogP contribution in [0.15, 0.2) is 30.3 Å². The molecule has 0 atom stereocenters. The Morgan fingerprint density at radius 2 is 2.10 bits per heavy atom. The Morgan fingerprint density at radius 3 is 2.70 bits per heavy atom. The van der Waals surface area contributed by atoms with Crippen LogP contribution in [0.3, 0.4) is 0 Å². The summed E-state index contributed by atoms with van der Waals surface area (Å²) in [6, 6.07) is 9.17. The van der Waals surface area contributed by atoms with Crippen molar-refractivity contribution in [1.82, 2.24) is 0 Å². The number of hydrogen-bond donors (Lipinski definition) is 1. The Kier molecular flexibility index (Phi) is 4.48. The molecule has 0 bridgehead atoms. The first kappa shape index (κ1) is 14.2. The summed E-state index contributed by atoms with van der Waals surface area (Å²) >= 11 is 1.33. The molecule has 3 nitrogen and oxygen atoms in total. The van der Waals surface area contributed by atoms with Gasteiger partial charge in [0.2, 0.25) is 0 Å². The lowest BCUT2D eigenvalue weighted by atomic mass is 10.3. The van der Waals surface area contributed by atoms with Crippen LogP contribution in [0.2, 0.25) is 0 Å². The van der Waals surface area contributed by atoms with Gasteiger partial charge in [0.25, 0.3) is 0 Å². The molecule has 0 aliphatic carbocycles. The summed E-state index contributed by atoms with van der Waals surface area (Å²) in [6.45, 7) is -2.64. The van der Waals surface area contributed by atoms with Crippen LogP contribution in [0.4, 0.5) is 18.9 Å². The molecule has 7 heteroatoms. The van der Waals surface area contributed by atoms with Gasteiger partial charge >= 0.3 is 6.61 Å². The lowest BCUT2D eigenvalue weighted by Crippen LogP contribution is -2.04. The molecule has 104 valence electrons. The molecule has 20 heavy (non-hydrogen) atoms. The lowest BCUT2D eigenvalue weighted by molar-refractivity contribution is -0.0521. The second-order valence-electron chi connectivity index (χ2n) is 3.76. The van der Waals surface area contributed by atoms with Crippen LogP contribution < -0.4 is 10.1 Å². The molecule has 1 aromatic heterocycles. The molecule has 0 spiro atoms. The summed E-state index contributed by atoms with van der Waals surface area (Å²) in [5, 5.41) is 11.6. The fourth-order valence-electron chi connectivity index (χ4n) is 1.52. The fourth-order valence-corrected chi connectivity index (χ4v) is 2.27. The van der Waals surface area contributed by atoms with Crippen LogP contribution in [-0.2, 0) is 6.54 Å². The van der Waals surface area contributed by atoms with Gasteiger partial charge in [0.05, 0.1) is 0 Å². The molecule has 0 aliphatic rings. The van der Waals surface area contributed by atoms with Crippen molar-refractivity contribution in [2.75, 3.05) is 5.32 Å². The molecule has 0 saturated heterocycles. The van der Waals surface area contributed by atoms with Crippen molar-refractivity contribution >= 4 is 17.0 Å². The number of hydrogen-bond acceptors (Lipinski definition) is 4. The zero-order valence-electron chi connectivity index (χ0n) is 10.1. The van der Waals surface area contributed by atoms with Crippen molar-refractivity contribution in [3.8, 4) is 11.8 Å². The Hall–Kier alpha value is -2.20. The summed E-state index contributed by atoms with van der Waals surface area (Å²) in [5.41, 5.74) is 0.441. The Bertz CT molecular complexity index is 637. The topological polar surface area (TPSA) is 45.0 Å². The number of benzene rings is 1. The van der Waals surface area contributed by atoms with Gasteiger partial charge in [-0.3, -0.25) is 0 Å². The highest BCUT2D eigenvalue weighted by Gasteiger charge is 2.10. The molecule has 1 N–H and O–H groups in total. The summed E-state index contributed by atoms with van der Waals surface area (Å²) in [5.74, 6) is -1.35. The Morgan fingerprint density at radius 1 is 1.30 bits per heavy atom. The summed E-state index contributed by atoms with van der Waals surface area (Å²) in [4.78, 5) is 1.50. The standard InChI is InChI=1S/C13H9F3N2OS/c14-11-5-8(1-4-12(11)19-13(15)16)18-7-10-3-2-9(6-17)20-10/h1-5,13,18H,7H2. The van der Waals surface area contributed by atoms with Gasteiger partial charge < -0.3 is 10.1 Å². The van der Waals surface area contributed by atoms with E-state index in [0.717, 1.165) is 17.0 Å². The maximum Gasteiger partial charge on any atom is 0.387 e. The molecule has 0 amide bonds. The average molecular weight is 298 g/mol. The number of nitrogens with one attached hydrogen (secondary N) is 1. The highest BCUT2D eigenvalue weighted by molar-refractivity contribution is 7.12. The van der Waals surface area contributed by atoms with Gasteiger partial charge in [-0.25, -0.2) is 4.39 Å². The molecule has 0 aliphatic heterocycles. The van der Waals surface area contributed by atoms with E-state index in [0.29, 0.717) is 17.1 Å². The molecule has 0 fully saturated rings. The number of ether oxygens (including phenoxy) is 1. The number of halogens is 3. The number of alkyl halides is 2. The SMILES string of the molecule is N#Cc1ccc(CNc2ccc(OC(F)F)c(F)c2)s1. The van der Waals surface area contributed by atoms with Crippen LogP contribution in [-0.4, -0.2) is 6.61 Å². The van der Waals surface area contributed by atoms with Crippen molar-refractivity contribution in [2.24, 2.45) is 0 Å². The van der Waals surface area contributed by atoms with Gasteiger partial charge in [-0.15, -0.1) is 11.3 Å². The van der Waals surface area contributed by atoms with Crippen molar-refractivity contribution in [1.29, 1.82) is 5.26 Å². The summed E-state index contributed by atoms with van der Waals surface area (Å²) in [6.07, 6.45) is 0. The molecule has 2 rings (SSSR count). The minimum Gasteiger partial charge on any atom is -0.432 e. The quantitative estimate of drug-likeness (QED) is 0.908. The van der Waals surface area contributed by atoms with Gasteiger partial charge in [0, 0.05) is 23.2 Å². The largest absolute Gasteiger partial charge is 0.432 e. The maximum absolute atomic E-state index is 13.5. The molecular weight excluding hydrogens is 289 g/mol. The van der Waals surface area contributed by atoms with Crippen molar-refractivity contribution in [2.45, 2.75) is 13.2 Å².